The molecule has 0 N–H and O–H groups in total. The van der Waals surface area contributed by atoms with Crippen LogP contribution in [0.2, 0.25) is 0 Å². The van der Waals surface area contributed by atoms with Gasteiger partial charge in [0.15, 0.2) is 0 Å². The molecule has 3 heteroatoms. The van der Waals surface area contributed by atoms with E-state index in [4.69, 9.17) is 9.15 Å². The van der Waals surface area contributed by atoms with E-state index in [1.165, 1.54) is 0 Å². The summed E-state index contributed by atoms with van der Waals surface area (Å²) in [5.41, 5.74) is 1.06. The van der Waals surface area contributed by atoms with Crippen molar-refractivity contribution < 1.29 is 9.15 Å². The first-order valence-corrected chi connectivity index (χ1v) is 5.84. The molecule has 1 aromatic heterocycles. The minimum absolute atomic E-state index is 0.0632. The number of ether oxygens (including phenoxy) is 1. The molecule has 2 aromatic carbocycles. The van der Waals surface area contributed by atoms with Crippen molar-refractivity contribution in [1.29, 1.82) is 0 Å². The molecular weight excluding hydrogens is 240 g/mol. The van der Waals surface area contributed by atoms with Crippen molar-refractivity contribution in [3.8, 4) is 17.8 Å². The molecule has 0 amide bonds. The lowest BCUT2D eigenvalue weighted by Gasteiger charge is -2.02. The Balaban J connectivity index is 2.32. The van der Waals surface area contributed by atoms with Gasteiger partial charge in [0.05, 0.1) is 10.8 Å². The van der Waals surface area contributed by atoms with Crippen molar-refractivity contribution in [3.05, 3.63) is 52.7 Å². The van der Waals surface area contributed by atoms with Crippen molar-refractivity contribution >= 4 is 21.9 Å². The van der Waals surface area contributed by atoms with Gasteiger partial charge in [0.2, 0.25) is 5.43 Å². The van der Waals surface area contributed by atoms with Gasteiger partial charge >= 0.3 is 0 Å². The molecule has 0 unspecified atom stereocenters. The van der Waals surface area contributed by atoms with Crippen LogP contribution in [0.15, 0.2) is 51.7 Å². The van der Waals surface area contributed by atoms with E-state index in [1.54, 1.807) is 37.3 Å². The van der Waals surface area contributed by atoms with Crippen LogP contribution in [0.3, 0.4) is 0 Å². The fraction of sp³-hybridized carbons (Fsp3) is 0.0625. The first kappa shape index (κ1) is 11.4. The third kappa shape index (κ3) is 1.94. The van der Waals surface area contributed by atoms with Crippen LogP contribution in [0.25, 0.3) is 21.9 Å². The Bertz CT molecular complexity index is 879. The molecule has 0 bridgehead atoms. The molecule has 0 fully saturated rings. The zero-order valence-electron chi connectivity index (χ0n) is 10.3. The van der Waals surface area contributed by atoms with E-state index in [-0.39, 0.29) is 5.43 Å². The Kier molecular flexibility index (Phi) is 2.70. The fourth-order valence-electron chi connectivity index (χ4n) is 1.96. The van der Waals surface area contributed by atoms with Gasteiger partial charge < -0.3 is 9.15 Å². The summed E-state index contributed by atoms with van der Waals surface area (Å²) in [6.07, 6.45) is 2.50. The lowest BCUT2D eigenvalue weighted by molar-refractivity contribution is 0.519. The fourth-order valence-corrected chi connectivity index (χ4v) is 1.96. The van der Waals surface area contributed by atoms with Gasteiger partial charge in [0.1, 0.15) is 23.0 Å². The third-order valence-corrected chi connectivity index (χ3v) is 2.82. The van der Waals surface area contributed by atoms with Crippen LogP contribution in [0.1, 0.15) is 6.92 Å². The van der Waals surface area contributed by atoms with E-state index in [0.29, 0.717) is 27.7 Å². The van der Waals surface area contributed by atoms with Crippen LogP contribution in [0.5, 0.6) is 5.75 Å². The van der Waals surface area contributed by atoms with Crippen LogP contribution < -0.4 is 10.2 Å². The average molecular weight is 250 g/mol. The molecule has 0 aliphatic heterocycles. The minimum Gasteiger partial charge on any atom is -0.456 e. The van der Waals surface area contributed by atoms with Gasteiger partial charge in [0.25, 0.3) is 0 Å². The van der Waals surface area contributed by atoms with E-state index in [0.717, 1.165) is 0 Å². The molecule has 0 spiro atoms. The molecule has 0 aliphatic rings. The summed E-state index contributed by atoms with van der Waals surface area (Å²) in [6, 6.07) is 12.3. The third-order valence-electron chi connectivity index (χ3n) is 2.82. The van der Waals surface area contributed by atoms with Crippen LogP contribution in [-0.4, -0.2) is 0 Å². The highest BCUT2D eigenvalue weighted by molar-refractivity contribution is 5.90. The number of benzene rings is 2. The lowest BCUT2D eigenvalue weighted by atomic mass is 10.1. The topological polar surface area (TPSA) is 39.4 Å². The zero-order valence-corrected chi connectivity index (χ0v) is 10.3. The van der Waals surface area contributed by atoms with Crippen molar-refractivity contribution in [2.24, 2.45) is 0 Å². The molecule has 3 nitrogen and oxygen atoms in total. The normalized spacial score (nSPS) is 10.2. The van der Waals surface area contributed by atoms with Gasteiger partial charge in [0, 0.05) is 6.92 Å². The molecule has 19 heavy (non-hydrogen) atoms. The van der Waals surface area contributed by atoms with E-state index in [9.17, 15) is 4.79 Å². The predicted molar refractivity (Wildman–Crippen MR) is 74.1 cm³/mol. The monoisotopic (exact) mass is 250 g/mol. The highest BCUT2D eigenvalue weighted by Crippen LogP contribution is 2.22. The van der Waals surface area contributed by atoms with Crippen LogP contribution in [-0.2, 0) is 0 Å². The quantitative estimate of drug-likeness (QED) is 0.491. The lowest BCUT2D eigenvalue weighted by Crippen LogP contribution is -2.01. The molecule has 0 aliphatic carbocycles. The Labute approximate surface area is 109 Å². The first-order valence-electron chi connectivity index (χ1n) is 5.84. The molecule has 0 saturated carbocycles. The largest absolute Gasteiger partial charge is 0.456 e. The first-order chi connectivity index (χ1) is 9.29. The van der Waals surface area contributed by atoms with Crippen molar-refractivity contribution in [2.45, 2.75) is 6.92 Å². The molecular formula is C16H10O3. The molecule has 0 radical (unpaired) electrons. The summed E-state index contributed by atoms with van der Waals surface area (Å²) < 4.78 is 10.9. The van der Waals surface area contributed by atoms with Gasteiger partial charge in [-0.3, -0.25) is 4.79 Å². The Morgan fingerprint density at radius 3 is 2.68 bits per heavy atom. The van der Waals surface area contributed by atoms with E-state index in [2.05, 4.69) is 12.0 Å². The minimum atomic E-state index is -0.0632. The van der Waals surface area contributed by atoms with Crippen LogP contribution >= 0.6 is 0 Å². The van der Waals surface area contributed by atoms with Crippen molar-refractivity contribution in [3.63, 3.8) is 0 Å². The number of rotatable bonds is 1. The number of fused-ring (bicyclic) bond motifs is 2. The molecule has 1 heterocycles. The number of para-hydroxylation sites is 1. The molecule has 0 atom stereocenters. The number of hydrogen-bond donors (Lipinski definition) is 0. The molecule has 92 valence electrons. The van der Waals surface area contributed by atoms with E-state index < -0.39 is 0 Å². The summed E-state index contributed by atoms with van der Waals surface area (Å²) >= 11 is 0. The molecule has 3 aromatic rings. The standard InChI is InChI=1S/C16H10O3/c1-2-9-18-11-7-8-15-13(10-11)16(17)12-5-3-4-6-14(12)19-15/h3-8,10H,1H3. The molecule has 3 rings (SSSR count). The summed E-state index contributed by atoms with van der Waals surface area (Å²) in [6.45, 7) is 1.68. The van der Waals surface area contributed by atoms with E-state index >= 15 is 0 Å². The van der Waals surface area contributed by atoms with Crippen molar-refractivity contribution in [1.82, 2.24) is 0 Å². The second kappa shape index (κ2) is 4.51. The van der Waals surface area contributed by atoms with Crippen LogP contribution in [0, 0.1) is 12.0 Å². The van der Waals surface area contributed by atoms with Crippen molar-refractivity contribution in [2.75, 3.05) is 0 Å². The van der Waals surface area contributed by atoms with Gasteiger partial charge in [-0.15, -0.1) is 0 Å². The summed E-state index contributed by atoms with van der Waals surface area (Å²) in [7, 11) is 0. The molecule has 0 saturated heterocycles. The van der Waals surface area contributed by atoms with Gasteiger partial charge in [-0.25, -0.2) is 0 Å². The smallest absolute Gasteiger partial charge is 0.200 e. The summed E-state index contributed by atoms with van der Waals surface area (Å²) in [4.78, 5) is 12.4. The van der Waals surface area contributed by atoms with Crippen LogP contribution in [0.4, 0.5) is 0 Å². The number of hydrogen-bond acceptors (Lipinski definition) is 3. The van der Waals surface area contributed by atoms with Gasteiger partial charge in [-0.05, 0) is 30.3 Å². The Hall–Kier alpha value is -2.73. The average Bonchev–Trinajstić information content (AvgIpc) is 2.46. The summed E-state index contributed by atoms with van der Waals surface area (Å²) in [5, 5.41) is 1.06. The predicted octanol–water partition coefficient (Wildman–Crippen LogP) is 3.31. The zero-order chi connectivity index (χ0) is 13.2. The Morgan fingerprint density at radius 2 is 1.84 bits per heavy atom. The SMILES string of the molecule is CC#COc1ccc2oc3ccccc3c(=O)c2c1. The van der Waals surface area contributed by atoms with Gasteiger partial charge in [-0.1, -0.05) is 18.1 Å². The highest BCUT2D eigenvalue weighted by atomic mass is 16.5. The van der Waals surface area contributed by atoms with E-state index in [1.807, 2.05) is 12.1 Å². The van der Waals surface area contributed by atoms with Gasteiger partial charge in [-0.2, -0.15) is 0 Å². The maximum atomic E-state index is 12.4. The second-order valence-corrected chi connectivity index (χ2v) is 4.04. The maximum absolute atomic E-state index is 12.4. The summed E-state index contributed by atoms with van der Waals surface area (Å²) in [5.74, 6) is 3.17. The highest BCUT2D eigenvalue weighted by Gasteiger charge is 2.08. The second-order valence-electron chi connectivity index (χ2n) is 4.04. The Morgan fingerprint density at radius 1 is 1.05 bits per heavy atom. The maximum Gasteiger partial charge on any atom is 0.200 e.